The van der Waals surface area contributed by atoms with Gasteiger partial charge in [-0.05, 0) is 44.7 Å². The van der Waals surface area contributed by atoms with Crippen molar-refractivity contribution in [3.63, 3.8) is 0 Å². The molecular weight excluding hydrogens is 374 g/mol. The summed E-state index contributed by atoms with van der Waals surface area (Å²) in [6.07, 6.45) is 10.4. The number of aliphatic hydroxyl groups is 1. The van der Waals surface area contributed by atoms with Crippen molar-refractivity contribution in [2.75, 3.05) is 33.3 Å². The summed E-state index contributed by atoms with van der Waals surface area (Å²) >= 11 is 0. The highest BCUT2D eigenvalue weighted by molar-refractivity contribution is 7.85. The standard InChI is InChI=1S/C15H34NO.C7H8O3S/c1-4-6-8-10-13-16(3,14-11-15-17)12-9-7-5-2;1-6-2-4-7(5-3-6)11(8,9)10/h17H,4-15H2,1-3H3;2-5H,1H3,(H,8,9,10)/q+1;/p-1. The minimum absolute atomic E-state index is 0.178. The fourth-order valence-electron chi connectivity index (χ4n) is 3.16. The van der Waals surface area contributed by atoms with E-state index >= 15 is 0 Å². The first kappa shape index (κ1) is 27.0. The maximum absolute atomic E-state index is 10.4. The summed E-state index contributed by atoms with van der Waals surface area (Å²) in [4.78, 5) is -0.178. The Balaban J connectivity index is 0.000000567. The van der Waals surface area contributed by atoms with Crippen molar-refractivity contribution >= 4 is 10.1 Å². The maximum atomic E-state index is 10.4. The van der Waals surface area contributed by atoms with Crippen LogP contribution < -0.4 is 0 Å². The van der Waals surface area contributed by atoms with E-state index in [0.29, 0.717) is 6.61 Å². The SMILES string of the molecule is CCCCCC[N+](C)(CCCO)CCCCC.Cc1ccc(S(=O)(=O)[O-])cc1. The Labute approximate surface area is 173 Å². The number of unbranched alkanes of at least 4 members (excludes halogenated alkanes) is 5. The largest absolute Gasteiger partial charge is 0.744 e. The lowest BCUT2D eigenvalue weighted by atomic mass is 10.1. The normalized spacial score (nSPS) is 13.5. The number of hydrogen-bond donors (Lipinski definition) is 1. The highest BCUT2D eigenvalue weighted by Gasteiger charge is 2.19. The lowest BCUT2D eigenvalue weighted by Gasteiger charge is -2.35. The molecule has 164 valence electrons. The van der Waals surface area contributed by atoms with Gasteiger partial charge in [0, 0.05) is 13.0 Å². The number of hydrogen-bond acceptors (Lipinski definition) is 4. The number of aliphatic hydroxyl groups excluding tert-OH is 1. The van der Waals surface area contributed by atoms with Gasteiger partial charge in [0.2, 0.25) is 0 Å². The molecule has 1 rings (SSSR count). The molecule has 1 unspecified atom stereocenters. The highest BCUT2D eigenvalue weighted by atomic mass is 32.2. The number of aryl methyl sites for hydroxylation is 1. The Kier molecular flexibility index (Phi) is 14.5. The molecule has 0 bridgehead atoms. The second-order valence-corrected chi connectivity index (χ2v) is 9.28. The number of rotatable bonds is 13. The second-order valence-electron chi connectivity index (χ2n) is 7.90. The molecule has 1 N–H and O–H groups in total. The molecule has 1 atom stereocenters. The summed E-state index contributed by atoms with van der Waals surface area (Å²) in [6, 6.07) is 5.78. The van der Waals surface area contributed by atoms with Crippen LogP contribution in [0.1, 0.15) is 70.8 Å². The predicted octanol–water partition coefficient (Wildman–Crippen LogP) is 4.49. The molecule has 0 fully saturated rings. The van der Waals surface area contributed by atoms with Gasteiger partial charge in [0.1, 0.15) is 10.1 Å². The topological polar surface area (TPSA) is 77.4 Å². The van der Waals surface area contributed by atoms with E-state index < -0.39 is 10.1 Å². The third-order valence-electron chi connectivity index (χ3n) is 5.02. The molecule has 6 heteroatoms. The Morgan fingerprint density at radius 2 is 1.32 bits per heavy atom. The molecule has 5 nitrogen and oxygen atoms in total. The van der Waals surface area contributed by atoms with Crippen LogP contribution in [-0.4, -0.2) is 55.8 Å². The van der Waals surface area contributed by atoms with Crippen molar-refractivity contribution in [1.29, 1.82) is 0 Å². The van der Waals surface area contributed by atoms with E-state index in [1.807, 2.05) is 6.92 Å². The van der Waals surface area contributed by atoms with Crippen molar-refractivity contribution in [2.45, 2.75) is 77.0 Å². The lowest BCUT2D eigenvalue weighted by molar-refractivity contribution is -0.910. The van der Waals surface area contributed by atoms with Gasteiger partial charge in [-0.25, -0.2) is 8.42 Å². The van der Waals surface area contributed by atoms with Crippen LogP contribution in [0.4, 0.5) is 0 Å². The zero-order valence-corrected chi connectivity index (χ0v) is 19.1. The number of benzene rings is 1. The van der Waals surface area contributed by atoms with E-state index in [1.165, 1.54) is 74.7 Å². The average Bonchev–Trinajstić information content (AvgIpc) is 2.64. The van der Waals surface area contributed by atoms with Gasteiger partial charge in [-0.15, -0.1) is 0 Å². The molecule has 0 aliphatic carbocycles. The van der Waals surface area contributed by atoms with Crippen LogP contribution in [0.2, 0.25) is 0 Å². The first-order chi connectivity index (χ1) is 13.2. The molecule has 0 saturated carbocycles. The van der Waals surface area contributed by atoms with E-state index in [2.05, 4.69) is 20.9 Å². The predicted molar refractivity (Wildman–Crippen MR) is 115 cm³/mol. The van der Waals surface area contributed by atoms with Crippen LogP contribution in [0.5, 0.6) is 0 Å². The van der Waals surface area contributed by atoms with Gasteiger partial charge in [-0.1, -0.05) is 50.8 Å². The van der Waals surface area contributed by atoms with Crippen LogP contribution in [0.25, 0.3) is 0 Å². The minimum Gasteiger partial charge on any atom is -0.744 e. The summed E-state index contributed by atoms with van der Waals surface area (Å²) in [5.41, 5.74) is 0.928. The fourth-order valence-corrected chi connectivity index (χ4v) is 3.63. The van der Waals surface area contributed by atoms with Crippen molar-refractivity contribution in [3.8, 4) is 0 Å². The monoisotopic (exact) mass is 415 g/mol. The van der Waals surface area contributed by atoms with Crippen LogP contribution in [0.15, 0.2) is 29.2 Å². The van der Waals surface area contributed by atoms with Crippen LogP contribution >= 0.6 is 0 Å². The van der Waals surface area contributed by atoms with Gasteiger partial charge in [-0.2, -0.15) is 0 Å². The molecule has 0 radical (unpaired) electrons. The van der Waals surface area contributed by atoms with Gasteiger partial charge in [-0.3, -0.25) is 0 Å². The van der Waals surface area contributed by atoms with E-state index in [0.717, 1.165) is 18.5 Å². The average molecular weight is 416 g/mol. The Morgan fingerprint density at radius 1 is 0.857 bits per heavy atom. The Morgan fingerprint density at radius 3 is 1.79 bits per heavy atom. The zero-order valence-electron chi connectivity index (χ0n) is 18.3. The fraction of sp³-hybridized carbons (Fsp3) is 0.727. The molecule has 0 amide bonds. The third-order valence-corrected chi connectivity index (χ3v) is 5.87. The molecule has 0 saturated heterocycles. The number of quaternary nitrogens is 1. The van der Waals surface area contributed by atoms with Crippen molar-refractivity contribution in [2.24, 2.45) is 0 Å². The van der Waals surface area contributed by atoms with E-state index in [4.69, 9.17) is 5.11 Å². The molecular formula is C22H41NO4S. The van der Waals surface area contributed by atoms with Gasteiger partial charge in [0.05, 0.1) is 31.6 Å². The zero-order chi connectivity index (χ0) is 21.5. The van der Waals surface area contributed by atoms with Gasteiger partial charge >= 0.3 is 0 Å². The molecule has 1 aromatic carbocycles. The van der Waals surface area contributed by atoms with E-state index in [1.54, 1.807) is 12.1 Å². The molecule has 0 aliphatic rings. The maximum Gasteiger partial charge on any atom is 0.124 e. The Bertz CT molecular complexity index is 601. The minimum atomic E-state index is -4.27. The molecule has 1 aromatic rings. The molecule has 0 aliphatic heterocycles. The summed E-state index contributed by atoms with van der Waals surface area (Å²) < 4.78 is 32.3. The lowest BCUT2D eigenvalue weighted by Crippen LogP contribution is -2.46. The Hall–Kier alpha value is -0.950. The van der Waals surface area contributed by atoms with Gasteiger partial charge in [0.15, 0.2) is 0 Å². The van der Waals surface area contributed by atoms with Crippen LogP contribution in [0.3, 0.4) is 0 Å². The molecule has 28 heavy (non-hydrogen) atoms. The summed E-state index contributed by atoms with van der Waals surface area (Å²) in [5, 5.41) is 9.00. The first-order valence-electron chi connectivity index (χ1n) is 10.7. The van der Waals surface area contributed by atoms with Gasteiger partial charge < -0.3 is 14.1 Å². The van der Waals surface area contributed by atoms with Crippen molar-refractivity contribution in [3.05, 3.63) is 29.8 Å². The van der Waals surface area contributed by atoms with Crippen molar-refractivity contribution < 1.29 is 22.6 Å². The second kappa shape index (κ2) is 15.0. The summed E-state index contributed by atoms with van der Waals surface area (Å²) in [7, 11) is -1.90. The van der Waals surface area contributed by atoms with Crippen LogP contribution in [0, 0.1) is 6.92 Å². The quantitative estimate of drug-likeness (QED) is 0.293. The smallest absolute Gasteiger partial charge is 0.124 e. The van der Waals surface area contributed by atoms with Crippen LogP contribution in [-0.2, 0) is 10.1 Å². The highest BCUT2D eigenvalue weighted by Crippen LogP contribution is 2.12. The molecule has 0 heterocycles. The third kappa shape index (κ3) is 13.3. The van der Waals surface area contributed by atoms with Crippen molar-refractivity contribution in [1.82, 2.24) is 0 Å². The molecule has 0 aromatic heterocycles. The van der Waals surface area contributed by atoms with E-state index in [9.17, 15) is 13.0 Å². The number of nitrogens with zero attached hydrogens (tertiary/aromatic N) is 1. The first-order valence-corrected chi connectivity index (χ1v) is 12.1. The molecule has 0 spiro atoms. The summed E-state index contributed by atoms with van der Waals surface area (Å²) in [5.74, 6) is 0. The summed E-state index contributed by atoms with van der Waals surface area (Å²) in [6.45, 7) is 10.4. The van der Waals surface area contributed by atoms with E-state index in [-0.39, 0.29) is 4.90 Å². The van der Waals surface area contributed by atoms with Gasteiger partial charge in [0.25, 0.3) is 0 Å².